The van der Waals surface area contributed by atoms with E-state index in [1.807, 2.05) is 0 Å². The molecule has 0 atom stereocenters. The second kappa shape index (κ2) is 6.51. The maximum absolute atomic E-state index is 10.4. The van der Waals surface area contributed by atoms with Crippen LogP contribution < -0.4 is 11.1 Å². The Kier molecular flexibility index (Phi) is 7.88. The highest BCUT2D eigenvalue weighted by Gasteiger charge is 1.96. The van der Waals surface area contributed by atoms with Crippen LogP contribution >= 0.6 is 12.4 Å². The Hall–Kier alpha value is -0.610. The van der Waals surface area contributed by atoms with E-state index in [0.29, 0.717) is 0 Å². The number of nitrogens with two attached hydrogens (primary N) is 1. The first-order chi connectivity index (χ1) is 4.16. The van der Waals surface area contributed by atoms with E-state index in [0.717, 1.165) is 0 Å². The molecule has 0 aliphatic heterocycles. The van der Waals surface area contributed by atoms with Gasteiger partial charge in [-0.1, -0.05) is 0 Å². The van der Waals surface area contributed by atoms with Crippen LogP contribution in [0.15, 0.2) is 0 Å². The molecule has 0 aliphatic carbocycles. The monoisotopic (exact) mass is 166 g/mol. The van der Waals surface area contributed by atoms with Crippen molar-refractivity contribution in [2.45, 2.75) is 6.92 Å². The summed E-state index contributed by atoms with van der Waals surface area (Å²) in [7, 11) is 0. The molecule has 0 unspecified atom stereocenters. The zero-order valence-electron chi connectivity index (χ0n) is 5.72. The van der Waals surface area contributed by atoms with Gasteiger partial charge in [0.05, 0.1) is 13.1 Å². The maximum Gasteiger partial charge on any atom is 0.217 e. The summed E-state index contributed by atoms with van der Waals surface area (Å²) in [5, 5.41) is 2.33. The molecule has 10 heavy (non-hydrogen) atoms. The van der Waals surface area contributed by atoms with E-state index < -0.39 is 0 Å². The molecule has 0 aromatic carbocycles. The fourth-order valence-electron chi connectivity index (χ4n) is 0.295. The molecule has 0 aliphatic rings. The minimum Gasteiger partial charge on any atom is -0.349 e. The molecule has 0 rings (SSSR count). The topological polar surface area (TPSA) is 72.2 Å². The predicted octanol–water partition coefficient (Wildman–Crippen LogP) is -0.928. The molecule has 0 aromatic rings. The van der Waals surface area contributed by atoms with Gasteiger partial charge < -0.3 is 11.1 Å². The van der Waals surface area contributed by atoms with Gasteiger partial charge in [-0.25, -0.2) is 0 Å². The number of hydrogen-bond acceptors (Lipinski definition) is 3. The van der Waals surface area contributed by atoms with E-state index in [9.17, 15) is 9.59 Å². The zero-order valence-corrected chi connectivity index (χ0v) is 6.53. The van der Waals surface area contributed by atoms with Crippen LogP contribution in [0.1, 0.15) is 6.92 Å². The molecule has 3 N–H and O–H groups in total. The van der Waals surface area contributed by atoms with Gasteiger partial charge in [0.2, 0.25) is 5.91 Å². The van der Waals surface area contributed by atoms with Gasteiger partial charge in [-0.05, 0) is 0 Å². The molecule has 0 radical (unpaired) electrons. The number of amides is 1. The lowest BCUT2D eigenvalue weighted by atomic mass is 10.4. The van der Waals surface area contributed by atoms with Gasteiger partial charge in [-0.15, -0.1) is 12.4 Å². The maximum atomic E-state index is 10.4. The number of carbonyl (C=O) groups is 2. The van der Waals surface area contributed by atoms with E-state index in [1.54, 1.807) is 0 Å². The molecule has 0 heterocycles. The van der Waals surface area contributed by atoms with Crippen molar-refractivity contribution in [3.8, 4) is 0 Å². The standard InChI is InChI=1S/C5H10N2O2.ClH/c1-4(8)7-3-5(9)2-6;/h2-3,6H2,1H3,(H,7,8);1H. The van der Waals surface area contributed by atoms with Gasteiger partial charge in [0.1, 0.15) is 0 Å². The van der Waals surface area contributed by atoms with Crippen molar-refractivity contribution in [1.82, 2.24) is 5.32 Å². The van der Waals surface area contributed by atoms with Crippen LogP contribution in [0.5, 0.6) is 0 Å². The fourth-order valence-corrected chi connectivity index (χ4v) is 0.295. The molecule has 60 valence electrons. The highest BCUT2D eigenvalue weighted by atomic mass is 35.5. The first kappa shape index (κ1) is 12.1. The molecule has 5 heteroatoms. The summed E-state index contributed by atoms with van der Waals surface area (Å²) >= 11 is 0. The van der Waals surface area contributed by atoms with Crippen molar-refractivity contribution in [2.24, 2.45) is 5.73 Å². The molecule has 0 saturated carbocycles. The van der Waals surface area contributed by atoms with Crippen molar-refractivity contribution >= 4 is 24.1 Å². The largest absolute Gasteiger partial charge is 0.349 e. The molecule has 1 amide bonds. The molecular formula is C5H11ClN2O2. The Morgan fingerprint density at radius 3 is 2.30 bits per heavy atom. The Morgan fingerprint density at radius 1 is 1.50 bits per heavy atom. The van der Waals surface area contributed by atoms with Crippen molar-refractivity contribution in [3.05, 3.63) is 0 Å². The first-order valence-electron chi connectivity index (χ1n) is 2.63. The number of rotatable bonds is 3. The molecule has 0 saturated heterocycles. The van der Waals surface area contributed by atoms with Crippen LogP contribution in [-0.4, -0.2) is 24.8 Å². The molecule has 0 fully saturated rings. The van der Waals surface area contributed by atoms with Gasteiger partial charge in [0.25, 0.3) is 0 Å². The van der Waals surface area contributed by atoms with Crippen molar-refractivity contribution in [1.29, 1.82) is 0 Å². The average Bonchev–Trinajstić information content (AvgIpc) is 1.83. The summed E-state index contributed by atoms with van der Waals surface area (Å²) in [4.78, 5) is 20.5. The summed E-state index contributed by atoms with van der Waals surface area (Å²) in [6, 6.07) is 0. The van der Waals surface area contributed by atoms with Crippen LogP contribution in [-0.2, 0) is 9.59 Å². The minimum atomic E-state index is -0.211. The summed E-state index contributed by atoms with van der Waals surface area (Å²) in [5.74, 6) is -0.373. The van der Waals surface area contributed by atoms with E-state index in [2.05, 4.69) is 5.32 Å². The number of nitrogens with one attached hydrogen (secondary N) is 1. The lowest BCUT2D eigenvalue weighted by Gasteiger charge is -1.96. The number of hydrogen-bond donors (Lipinski definition) is 2. The van der Waals surface area contributed by atoms with Crippen molar-refractivity contribution < 1.29 is 9.59 Å². The summed E-state index contributed by atoms with van der Waals surface area (Å²) in [6.07, 6.45) is 0. The van der Waals surface area contributed by atoms with Gasteiger partial charge >= 0.3 is 0 Å². The normalized spacial score (nSPS) is 7.80. The van der Waals surface area contributed by atoms with E-state index in [-0.39, 0.29) is 37.2 Å². The minimum absolute atomic E-state index is 0. The number of Topliss-reactive ketones (excluding diaryl/α,β-unsaturated/α-hetero) is 1. The summed E-state index contributed by atoms with van der Waals surface area (Å²) in [6.45, 7) is 1.38. The Bertz CT molecular complexity index is 127. The van der Waals surface area contributed by atoms with Crippen LogP contribution in [0.4, 0.5) is 0 Å². The first-order valence-corrected chi connectivity index (χ1v) is 2.63. The van der Waals surface area contributed by atoms with Gasteiger partial charge in [0, 0.05) is 6.92 Å². The van der Waals surface area contributed by atoms with E-state index in [1.165, 1.54) is 6.92 Å². The Labute approximate surface area is 65.6 Å². The van der Waals surface area contributed by atoms with Crippen LogP contribution in [0.25, 0.3) is 0 Å². The highest BCUT2D eigenvalue weighted by molar-refractivity contribution is 5.86. The lowest BCUT2D eigenvalue weighted by molar-refractivity contribution is -0.123. The van der Waals surface area contributed by atoms with Crippen molar-refractivity contribution in [2.75, 3.05) is 13.1 Å². The van der Waals surface area contributed by atoms with E-state index >= 15 is 0 Å². The number of halogens is 1. The summed E-state index contributed by atoms with van der Waals surface area (Å²) < 4.78 is 0. The molecular weight excluding hydrogens is 156 g/mol. The molecule has 0 spiro atoms. The van der Waals surface area contributed by atoms with Gasteiger partial charge in [-0.2, -0.15) is 0 Å². The number of ketones is 1. The molecule has 0 aromatic heterocycles. The van der Waals surface area contributed by atoms with E-state index in [4.69, 9.17) is 5.73 Å². The third-order valence-corrected chi connectivity index (χ3v) is 0.762. The zero-order chi connectivity index (χ0) is 7.28. The Morgan fingerprint density at radius 2 is 2.00 bits per heavy atom. The fraction of sp³-hybridized carbons (Fsp3) is 0.600. The molecule has 0 bridgehead atoms. The third kappa shape index (κ3) is 7.39. The second-order valence-electron chi connectivity index (χ2n) is 1.65. The highest BCUT2D eigenvalue weighted by Crippen LogP contribution is 1.64. The lowest BCUT2D eigenvalue weighted by Crippen LogP contribution is -2.31. The predicted molar refractivity (Wildman–Crippen MR) is 40.0 cm³/mol. The van der Waals surface area contributed by atoms with Gasteiger partial charge in [-0.3, -0.25) is 9.59 Å². The second-order valence-corrected chi connectivity index (χ2v) is 1.65. The smallest absolute Gasteiger partial charge is 0.217 e. The third-order valence-electron chi connectivity index (χ3n) is 0.762. The Balaban J connectivity index is 0. The SMILES string of the molecule is CC(=O)NCC(=O)CN.Cl. The van der Waals surface area contributed by atoms with Crippen LogP contribution in [0.2, 0.25) is 0 Å². The number of carbonyl (C=O) groups excluding carboxylic acids is 2. The van der Waals surface area contributed by atoms with Gasteiger partial charge in [0.15, 0.2) is 5.78 Å². The summed E-state index contributed by atoms with van der Waals surface area (Å²) in [5.41, 5.74) is 4.96. The average molecular weight is 167 g/mol. The van der Waals surface area contributed by atoms with Crippen LogP contribution in [0.3, 0.4) is 0 Å². The molecule has 4 nitrogen and oxygen atoms in total. The quantitative estimate of drug-likeness (QED) is 0.569. The van der Waals surface area contributed by atoms with Crippen molar-refractivity contribution in [3.63, 3.8) is 0 Å². The van der Waals surface area contributed by atoms with Crippen LogP contribution in [0, 0.1) is 0 Å².